The van der Waals surface area contributed by atoms with Crippen molar-refractivity contribution in [3.05, 3.63) is 89.5 Å². The molecule has 5 rings (SSSR count). The van der Waals surface area contributed by atoms with Gasteiger partial charge in [-0.15, -0.1) is 11.3 Å². The molecule has 3 aromatic heterocycles. The second kappa shape index (κ2) is 7.57. The molecule has 0 aliphatic heterocycles. The summed E-state index contributed by atoms with van der Waals surface area (Å²) in [6, 6.07) is 23.1. The van der Waals surface area contributed by atoms with Gasteiger partial charge < -0.3 is 4.42 Å². The van der Waals surface area contributed by atoms with Crippen LogP contribution >= 0.6 is 11.3 Å². The molecule has 5 nitrogen and oxygen atoms in total. The normalized spacial score (nSPS) is 11.0. The van der Waals surface area contributed by atoms with E-state index >= 15 is 0 Å². The Labute approximate surface area is 177 Å². The lowest BCUT2D eigenvalue weighted by Gasteiger charge is -2.09. The maximum Gasteiger partial charge on any atom is 0.258 e. The molecule has 0 aliphatic rings. The summed E-state index contributed by atoms with van der Waals surface area (Å²) in [4.78, 5) is 22.4. The van der Waals surface area contributed by atoms with E-state index in [1.54, 1.807) is 0 Å². The molecule has 0 saturated carbocycles. The third-order valence-electron chi connectivity index (χ3n) is 4.75. The summed E-state index contributed by atoms with van der Waals surface area (Å²) in [5.74, 6) is 1.28. The van der Waals surface area contributed by atoms with E-state index in [1.807, 2.05) is 85.1 Å². The van der Waals surface area contributed by atoms with Crippen LogP contribution in [0.5, 0.6) is 0 Å². The fraction of sp³-hybridized carbons (Fsp3) is 0.0417. The van der Waals surface area contributed by atoms with Crippen LogP contribution in [0.1, 0.15) is 16.1 Å². The van der Waals surface area contributed by atoms with Crippen LogP contribution in [0.15, 0.2) is 82.6 Å². The number of hydrogen-bond acceptors (Lipinski definition) is 5. The average molecular weight is 411 g/mol. The minimum absolute atomic E-state index is 0.220. The van der Waals surface area contributed by atoms with Crippen LogP contribution in [-0.2, 0) is 0 Å². The highest BCUT2D eigenvalue weighted by atomic mass is 32.1. The number of rotatable bonds is 4. The van der Waals surface area contributed by atoms with Crippen LogP contribution in [0.25, 0.3) is 33.6 Å². The van der Waals surface area contributed by atoms with Crippen molar-refractivity contribution in [2.75, 3.05) is 5.32 Å². The molecule has 6 heteroatoms. The van der Waals surface area contributed by atoms with Gasteiger partial charge in [0.25, 0.3) is 5.91 Å². The molecule has 0 unspecified atom stereocenters. The Morgan fingerprint density at radius 1 is 0.933 bits per heavy atom. The number of furan rings is 1. The van der Waals surface area contributed by atoms with E-state index in [0.29, 0.717) is 22.1 Å². The van der Waals surface area contributed by atoms with Gasteiger partial charge in [0.2, 0.25) is 0 Å². The van der Waals surface area contributed by atoms with E-state index in [-0.39, 0.29) is 5.91 Å². The Bertz CT molecular complexity index is 1360. The standard InChI is InChI=1S/C24H17N3O2S/c1-15-11-12-22(29-15)21-14-30-24(26-21)27-23(28)18-13-20(16-7-3-2-4-8-16)25-19-10-6-5-9-17(18)19/h2-14H,1H3,(H,26,27,28). The van der Waals surface area contributed by atoms with Gasteiger partial charge in [0, 0.05) is 16.3 Å². The van der Waals surface area contributed by atoms with Gasteiger partial charge in [-0.05, 0) is 31.2 Å². The maximum atomic E-state index is 13.2. The number of fused-ring (bicyclic) bond motifs is 1. The van der Waals surface area contributed by atoms with Crippen LogP contribution in [0.4, 0.5) is 5.13 Å². The summed E-state index contributed by atoms with van der Waals surface area (Å²) < 4.78 is 5.62. The Morgan fingerprint density at radius 2 is 1.73 bits per heavy atom. The molecule has 2 aromatic carbocycles. The van der Waals surface area contributed by atoms with Crippen molar-refractivity contribution in [2.24, 2.45) is 0 Å². The van der Waals surface area contributed by atoms with E-state index in [1.165, 1.54) is 11.3 Å². The second-order valence-corrected chi connectivity index (χ2v) is 7.70. The molecule has 0 aliphatic carbocycles. The number of thiazole rings is 1. The van der Waals surface area contributed by atoms with Crippen LogP contribution in [0.2, 0.25) is 0 Å². The number of hydrogen-bond donors (Lipinski definition) is 1. The summed E-state index contributed by atoms with van der Waals surface area (Å²) in [5.41, 5.74) is 3.75. The van der Waals surface area contributed by atoms with Gasteiger partial charge in [0.05, 0.1) is 16.8 Å². The minimum Gasteiger partial charge on any atom is -0.460 e. The van der Waals surface area contributed by atoms with Crippen LogP contribution < -0.4 is 5.32 Å². The van der Waals surface area contributed by atoms with Crippen molar-refractivity contribution in [2.45, 2.75) is 6.92 Å². The fourth-order valence-electron chi connectivity index (χ4n) is 3.30. The number of anilines is 1. The molecule has 0 radical (unpaired) electrons. The number of para-hydroxylation sites is 1. The predicted octanol–water partition coefficient (Wildman–Crippen LogP) is 6.18. The fourth-order valence-corrected chi connectivity index (χ4v) is 4.00. The van der Waals surface area contributed by atoms with E-state index in [0.717, 1.165) is 27.9 Å². The first kappa shape index (κ1) is 18.3. The molecule has 0 bridgehead atoms. The summed E-state index contributed by atoms with van der Waals surface area (Å²) in [5, 5.41) is 6.11. The third-order valence-corrected chi connectivity index (χ3v) is 5.51. The predicted molar refractivity (Wildman–Crippen MR) is 120 cm³/mol. The van der Waals surface area contributed by atoms with Crippen LogP contribution in [0, 0.1) is 6.92 Å². The zero-order chi connectivity index (χ0) is 20.5. The van der Waals surface area contributed by atoms with Crippen LogP contribution in [-0.4, -0.2) is 15.9 Å². The van der Waals surface area contributed by atoms with Crippen molar-refractivity contribution in [3.8, 4) is 22.7 Å². The summed E-state index contributed by atoms with van der Waals surface area (Å²) >= 11 is 1.36. The zero-order valence-corrected chi connectivity index (χ0v) is 16.9. The second-order valence-electron chi connectivity index (χ2n) is 6.84. The Morgan fingerprint density at radius 3 is 2.53 bits per heavy atom. The highest BCUT2D eigenvalue weighted by Crippen LogP contribution is 2.28. The molecule has 0 fully saturated rings. The van der Waals surface area contributed by atoms with Gasteiger partial charge in [-0.25, -0.2) is 9.97 Å². The molecule has 0 spiro atoms. The van der Waals surface area contributed by atoms with Crippen LogP contribution in [0.3, 0.4) is 0 Å². The third kappa shape index (κ3) is 3.49. The zero-order valence-electron chi connectivity index (χ0n) is 16.1. The van der Waals surface area contributed by atoms with Crippen molar-refractivity contribution in [3.63, 3.8) is 0 Å². The number of aromatic nitrogens is 2. The minimum atomic E-state index is -0.220. The number of amides is 1. The first-order valence-electron chi connectivity index (χ1n) is 9.46. The van der Waals surface area contributed by atoms with Crippen molar-refractivity contribution in [1.82, 2.24) is 9.97 Å². The summed E-state index contributed by atoms with van der Waals surface area (Å²) in [6.45, 7) is 1.89. The maximum absolute atomic E-state index is 13.2. The number of benzene rings is 2. The number of nitrogens with zero attached hydrogens (tertiary/aromatic N) is 2. The number of carbonyl (C=O) groups excluding carboxylic acids is 1. The highest BCUT2D eigenvalue weighted by molar-refractivity contribution is 7.14. The first-order valence-corrected chi connectivity index (χ1v) is 10.3. The quantitative estimate of drug-likeness (QED) is 0.383. The number of pyridine rings is 1. The number of carbonyl (C=O) groups is 1. The molecule has 3 heterocycles. The van der Waals surface area contributed by atoms with E-state index in [9.17, 15) is 4.79 Å². The van der Waals surface area contributed by atoms with E-state index in [4.69, 9.17) is 9.40 Å². The largest absolute Gasteiger partial charge is 0.460 e. The van der Waals surface area contributed by atoms with Crippen molar-refractivity contribution >= 4 is 33.3 Å². The Kier molecular flexibility index (Phi) is 4.61. The Hall–Kier alpha value is -3.77. The van der Waals surface area contributed by atoms with Gasteiger partial charge >= 0.3 is 0 Å². The average Bonchev–Trinajstić information content (AvgIpc) is 3.42. The lowest BCUT2D eigenvalue weighted by molar-refractivity contribution is 0.102. The monoisotopic (exact) mass is 411 g/mol. The number of aryl methyl sites for hydroxylation is 1. The van der Waals surface area contributed by atoms with E-state index in [2.05, 4.69) is 10.3 Å². The molecular formula is C24H17N3O2S. The van der Waals surface area contributed by atoms with Gasteiger partial charge in [-0.3, -0.25) is 10.1 Å². The Balaban J connectivity index is 1.51. The molecule has 1 N–H and O–H groups in total. The molecule has 0 atom stereocenters. The molecule has 0 saturated heterocycles. The summed E-state index contributed by atoms with van der Waals surface area (Å²) in [6.07, 6.45) is 0. The van der Waals surface area contributed by atoms with Gasteiger partial charge in [0.1, 0.15) is 11.5 Å². The SMILES string of the molecule is Cc1ccc(-c2csc(NC(=O)c3cc(-c4ccccc4)nc4ccccc34)n2)o1. The molecule has 5 aromatic rings. The topological polar surface area (TPSA) is 68.0 Å². The lowest BCUT2D eigenvalue weighted by Crippen LogP contribution is -2.13. The number of nitrogens with one attached hydrogen (secondary N) is 1. The molecule has 146 valence electrons. The molecular weight excluding hydrogens is 394 g/mol. The van der Waals surface area contributed by atoms with Crippen molar-refractivity contribution in [1.29, 1.82) is 0 Å². The van der Waals surface area contributed by atoms with Crippen molar-refractivity contribution < 1.29 is 9.21 Å². The summed E-state index contributed by atoms with van der Waals surface area (Å²) in [7, 11) is 0. The van der Waals surface area contributed by atoms with Gasteiger partial charge in [-0.1, -0.05) is 48.5 Å². The van der Waals surface area contributed by atoms with E-state index < -0.39 is 0 Å². The first-order chi connectivity index (χ1) is 14.7. The molecule has 30 heavy (non-hydrogen) atoms. The molecule has 1 amide bonds. The van der Waals surface area contributed by atoms with Gasteiger partial charge in [0.15, 0.2) is 10.9 Å². The smallest absolute Gasteiger partial charge is 0.258 e. The van der Waals surface area contributed by atoms with Gasteiger partial charge in [-0.2, -0.15) is 0 Å². The highest BCUT2D eigenvalue weighted by Gasteiger charge is 2.16. The lowest BCUT2D eigenvalue weighted by atomic mass is 10.0.